The summed E-state index contributed by atoms with van der Waals surface area (Å²) in [6.45, 7) is 0.692. The van der Waals surface area contributed by atoms with Crippen molar-refractivity contribution in [2.24, 2.45) is 0 Å². The summed E-state index contributed by atoms with van der Waals surface area (Å²) >= 11 is 11.8. The normalized spacial score (nSPS) is 17.6. The van der Waals surface area contributed by atoms with Gasteiger partial charge in [-0.15, -0.1) is 0 Å². The summed E-state index contributed by atoms with van der Waals surface area (Å²) in [6, 6.07) is 4.07. The smallest absolute Gasteiger partial charge is 0.308 e. The van der Waals surface area contributed by atoms with E-state index in [9.17, 15) is 14.4 Å². The molecule has 0 saturated carbocycles. The molecule has 2 amide bonds. The SMILES string of the molecule is COC(=O)CC1C(=O)NCCN1C(=O)Cc1ccc(Cl)c(Cl)c1. The molecule has 1 saturated heterocycles. The highest BCUT2D eigenvalue weighted by molar-refractivity contribution is 6.42. The van der Waals surface area contributed by atoms with Crippen LogP contribution in [0.1, 0.15) is 12.0 Å². The molecule has 1 fully saturated rings. The summed E-state index contributed by atoms with van der Waals surface area (Å²) in [5.74, 6) is -1.16. The van der Waals surface area contributed by atoms with Crippen molar-refractivity contribution in [1.82, 2.24) is 10.2 Å². The molecule has 1 N–H and O–H groups in total. The second kappa shape index (κ2) is 7.66. The van der Waals surface area contributed by atoms with Crippen LogP contribution in [0, 0.1) is 0 Å². The van der Waals surface area contributed by atoms with E-state index >= 15 is 0 Å². The van der Waals surface area contributed by atoms with Crippen LogP contribution in [0.3, 0.4) is 0 Å². The first-order chi connectivity index (χ1) is 10.9. The van der Waals surface area contributed by atoms with Gasteiger partial charge in [0.25, 0.3) is 0 Å². The Balaban J connectivity index is 2.12. The average molecular weight is 359 g/mol. The number of benzene rings is 1. The summed E-state index contributed by atoms with van der Waals surface area (Å²) < 4.78 is 4.59. The van der Waals surface area contributed by atoms with Crippen molar-refractivity contribution in [2.75, 3.05) is 20.2 Å². The number of nitrogens with zero attached hydrogens (tertiary/aromatic N) is 1. The molecule has 0 radical (unpaired) electrons. The fourth-order valence-electron chi connectivity index (χ4n) is 2.38. The fourth-order valence-corrected chi connectivity index (χ4v) is 2.70. The fraction of sp³-hybridized carbons (Fsp3) is 0.400. The van der Waals surface area contributed by atoms with Crippen LogP contribution in [-0.2, 0) is 25.5 Å². The Kier molecular flexibility index (Phi) is 5.85. The van der Waals surface area contributed by atoms with E-state index in [0.29, 0.717) is 28.7 Å². The number of methoxy groups -OCH3 is 1. The maximum atomic E-state index is 12.5. The second-order valence-electron chi connectivity index (χ2n) is 5.10. The van der Waals surface area contributed by atoms with Crippen molar-refractivity contribution in [3.8, 4) is 0 Å². The molecule has 0 aromatic heterocycles. The lowest BCUT2D eigenvalue weighted by atomic mass is 10.1. The van der Waals surface area contributed by atoms with Gasteiger partial charge in [-0.2, -0.15) is 0 Å². The van der Waals surface area contributed by atoms with Gasteiger partial charge < -0.3 is 15.0 Å². The van der Waals surface area contributed by atoms with E-state index in [0.717, 1.165) is 0 Å². The van der Waals surface area contributed by atoms with Gasteiger partial charge in [-0.3, -0.25) is 14.4 Å². The molecular weight excluding hydrogens is 343 g/mol. The van der Waals surface area contributed by atoms with E-state index in [1.54, 1.807) is 18.2 Å². The predicted molar refractivity (Wildman–Crippen MR) is 85.3 cm³/mol. The van der Waals surface area contributed by atoms with Crippen molar-refractivity contribution in [3.05, 3.63) is 33.8 Å². The van der Waals surface area contributed by atoms with E-state index in [1.807, 2.05) is 0 Å². The third kappa shape index (κ3) is 4.36. The molecule has 1 atom stereocenters. The molecule has 0 spiro atoms. The van der Waals surface area contributed by atoms with Crippen LogP contribution in [0.2, 0.25) is 10.0 Å². The van der Waals surface area contributed by atoms with Crippen molar-refractivity contribution in [1.29, 1.82) is 0 Å². The van der Waals surface area contributed by atoms with Crippen LogP contribution in [0.5, 0.6) is 0 Å². The molecule has 1 unspecified atom stereocenters. The van der Waals surface area contributed by atoms with Gasteiger partial charge in [-0.1, -0.05) is 29.3 Å². The third-order valence-electron chi connectivity index (χ3n) is 3.58. The summed E-state index contributed by atoms with van der Waals surface area (Å²) in [5.41, 5.74) is 0.687. The van der Waals surface area contributed by atoms with Crippen molar-refractivity contribution in [3.63, 3.8) is 0 Å². The number of ether oxygens (including phenoxy) is 1. The van der Waals surface area contributed by atoms with Crippen LogP contribution in [0.15, 0.2) is 18.2 Å². The molecule has 1 heterocycles. The van der Waals surface area contributed by atoms with Crippen molar-refractivity contribution < 1.29 is 19.1 Å². The van der Waals surface area contributed by atoms with Crippen LogP contribution >= 0.6 is 23.2 Å². The molecular formula is C15H16Cl2N2O4. The lowest BCUT2D eigenvalue weighted by Gasteiger charge is -2.34. The minimum absolute atomic E-state index is 0.0713. The average Bonchev–Trinajstić information content (AvgIpc) is 2.52. The van der Waals surface area contributed by atoms with E-state index in [1.165, 1.54) is 12.0 Å². The van der Waals surface area contributed by atoms with Gasteiger partial charge in [-0.25, -0.2) is 0 Å². The monoisotopic (exact) mass is 358 g/mol. The molecule has 1 aromatic rings. The van der Waals surface area contributed by atoms with Crippen LogP contribution in [0.25, 0.3) is 0 Å². The van der Waals surface area contributed by atoms with Gasteiger partial charge in [0.1, 0.15) is 6.04 Å². The third-order valence-corrected chi connectivity index (χ3v) is 4.32. The first-order valence-corrected chi connectivity index (χ1v) is 7.76. The van der Waals surface area contributed by atoms with Crippen molar-refractivity contribution in [2.45, 2.75) is 18.9 Å². The van der Waals surface area contributed by atoms with Gasteiger partial charge in [0.05, 0.1) is 30.0 Å². The Bertz CT molecular complexity index is 636. The van der Waals surface area contributed by atoms with Gasteiger partial charge in [0, 0.05) is 13.1 Å². The first kappa shape index (κ1) is 17.6. The number of amides is 2. The highest BCUT2D eigenvalue weighted by Crippen LogP contribution is 2.23. The zero-order chi connectivity index (χ0) is 17.0. The minimum atomic E-state index is -0.855. The number of piperazine rings is 1. The predicted octanol–water partition coefficient (Wildman–Crippen LogP) is 1.43. The molecule has 8 heteroatoms. The molecule has 0 aliphatic carbocycles. The number of hydrogen-bond acceptors (Lipinski definition) is 4. The first-order valence-electron chi connectivity index (χ1n) is 7.00. The van der Waals surface area contributed by atoms with Crippen LogP contribution < -0.4 is 5.32 Å². The molecule has 6 nitrogen and oxygen atoms in total. The number of carbonyl (C=O) groups excluding carboxylic acids is 3. The van der Waals surface area contributed by atoms with Gasteiger partial charge in [-0.05, 0) is 17.7 Å². The molecule has 2 rings (SSSR count). The zero-order valence-electron chi connectivity index (χ0n) is 12.5. The number of hydrogen-bond donors (Lipinski definition) is 1. The number of esters is 1. The largest absolute Gasteiger partial charge is 0.469 e. The summed E-state index contributed by atoms with van der Waals surface area (Å²) in [5, 5.41) is 3.41. The van der Waals surface area contributed by atoms with Gasteiger partial charge >= 0.3 is 5.97 Å². The highest BCUT2D eigenvalue weighted by Gasteiger charge is 2.34. The standard InChI is InChI=1S/C15H16Cl2N2O4/c1-23-14(21)8-12-15(22)18-4-5-19(12)13(20)7-9-2-3-10(16)11(17)6-9/h2-3,6,12H,4-5,7-8H2,1H3,(H,18,22). The van der Waals surface area contributed by atoms with E-state index in [2.05, 4.69) is 10.1 Å². The molecule has 1 aromatic carbocycles. The Morgan fingerprint density at radius 3 is 2.74 bits per heavy atom. The van der Waals surface area contributed by atoms with E-state index in [-0.39, 0.29) is 24.7 Å². The molecule has 1 aliphatic heterocycles. The van der Waals surface area contributed by atoms with Gasteiger partial charge in [0.2, 0.25) is 11.8 Å². The summed E-state index contributed by atoms with van der Waals surface area (Å²) in [4.78, 5) is 37.3. The van der Waals surface area contributed by atoms with E-state index in [4.69, 9.17) is 23.2 Å². The van der Waals surface area contributed by atoms with Gasteiger partial charge in [0.15, 0.2) is 0 Å². The molecule has 0 bridgehead atoms. The lowest BCUT2D eigenvalue weighted by molar-refractivity contribution is -0.150. The Morgan fingerprint density at radius 2 is 2.09 bits per heavy atom. The maximum absolute atomic E-state index is 12.5. The number of rotatable bonds is 4. The highest BCUT2D eigenvalue weighted by atomic mass is 35.5. The number of carbonyl (C=O) groups is 3. The lowest BCUT2D eigenvalue weighted by Crippen LogP contribution is -2.58. The number of nitrogens with one attached hydrogen (secondary N) is 1. The summed E-state index contributed by atoms with van der Waals surface area (Å²) in [6.07, 6.45) is -0.0999. The Labute approximate surface area is 143 Å². The molecule has 23 heavy (non-hydrogen) atoms. The Morgan fingerprint density at radius 1 is 1.35 bits per heavy atom. The minimum Gasteiger partial charge on any atom is -0.469 e. The quantitative estimate of drug-likeness (QED) is 0.826. The topological polar surface area (TPSA) is 75.7 Å². The maximum Gasteiger partial charge on any atom is 0.308 e. The van der Waals surface area contributed by atoms with Crippen LogP contribution in [-0.4, -0.2) is 48.9 Å². The number of halogens is 2. The molecule has 124 valence electrons. The second-order valence-corrected chi connectivity index (χ2v) is 5.91. The molecule has 1 aliphatic rings. The summed E-state index contributed by atoms with van der Waals surface area (Å²) in [7, 11) is 1.24. The van der Waals surface area contributed by atoms with Crippen molar-refractivity contribution >= 4 is 41.0 Å². The zero-order valence-corrected chi connectivity index (χ0v) is 14.0. The van der Waals surface area contributed by atoms with Crippen LogP contribution in [0.4, 0.5) is 0 Å². The van der Waals surface area contributed by atoms with E-state index < -0.39 is 12.0 Å². The Hall–Kier alpha value is -1.79.